The number of hydrogen-bond donors (Lipinski definition) is 2. The molecule has 96 valence electrons. The maximum absolute atomic E-state index is 12.4. The Bertz CT molecular complexity index is 566. The third-order valence-corrected chi connectivity index (χ3v) is 2.22. The zero-order valence-corrected chi connectivity index (χ0v) is 8.90. The highest BCUT2D eigenvalue weighted by molar-refractivity contribution is 5.71. The predicted octanol–water partition coefficient (Wildman–Crippen LogP) is 1.83. The number of aliphatic hydroxyl groups excluding tert-OH is 1. The van der Waals surface area contributed by atoms with Crippen molar-refractivity contribution in [2.75, 3.05) is 5.73 Å². The average Bonchev–Trinajstić information content (AvgIpc) is 2.76. The first kappa shape index (κ1) is 12.4. The number of aliphatic hydroxyl groups is 1. The van der Waals surface area contributed by atoms with Crippen molar-refractivity contribution in [1.82, 2.24) is 10.1 Å². The molecular formula is C10H8F3N3O2. The molecule has 0 bridgehead atoms. The van der Waals surface area contributed by atoms with Crippen molar-refractivity contribution in [3.8, 4) is 11.4 Å². The molecule has 1 aromatic carbocycles. The fourth-order valence-corrected chi connectivity index (χ4v) is 1.37. The Labute approximate surface area is 99.0 Å². The highest BCUT2D eigenvalue weighted by Crippen LogP contribution is 2.33. The maximum atomic E-state index is 12.4. The Morgan fingerprint density at radius 2 is 2.06 bits per heavy atom. The monoisotopic (exact) mass is 259 g/mol. The lowest BCUT2D eigenvalue weighted by atomic mass is 10.1. The minimum Gasteiger partial charge on any atom is -0.398 e. The molecule has 5 nitrogen and oxygen atoms in total. The molecule has 1 heterocycles. The van der Waals surface area contributed by atoms with Gasteiger partial charge in [-0.05, 0) is 18.2 Å². The first-order valence-electron chi connectivity index (χ1n) is 4.82. The molecule has 0 unspecified atom stereocenters. The Hall–Kier alpha value is -2.09. The number of alkyl halides is 3. The molecule has 0 atom stereocenters. The Morgan fingerprint density at radius 3 is 2.56 bits per heavy atom. The van der Waals surface area contributed by atoms with E-state index in [-0.39, 0.29) is 23.0 Å². The SMILES string of the molecule is Nc1cc(C(F)(F)F)ccc1-c1noc(CO)n1. The summed E-state index contributed by atoms with van der Waals surface area (Å²) in [4.78, 5) is 3.76. The van der Waals surface area contributed by atoms with Crippen LogP contribution in [0.4, 0.5) is 18.9 Å². The van der Waals surface area contributed by atoms with Gasteiger partial charge in [-0.25, -0.2) is 0 Å². The summed E-state index contributed by atoms with van der Waals surface area (Å²) in [6, 6.07) is 2.83. The highest BCUT2D eigenvalue weighted by atomic mass is 19.4. The van der Waals surface area contributed by atoms with E-state index in [1.165, 1.54) is 0 Å². The van der Waals surface area contributed by atoms with Crippen molar-refractivity contribution in [2.45, 2.75) is 12.8 Å². The summed E-state index contributed by atoms with van der Waals surface area (Å²) >= 11 is 0. The van der Waals surface area contributed by atoms with E-state index in [1.54, 1.807) is 0 Å². The number of rotatable bonds is 2. The Morgan fingerprint density at radius 1 is 1.33 bits per heavy atom. The molecule has 2 aromatic rings. The first-order valence-corrected chi connectivity index (χ1v) is 4.82. The van der Waals surface area contributed by atoms with Gasteiger partial charge in [0.1, 0.15) is 6.61 Å². The van der Waals surface area contributed by atoms with Gasteiger partial charge in [-0.3, -0.25) is 0 Å². The number of halogens is 3. The molecule has 0 saturated carbocycles. The first-order chi connectivity index (χ1) is 8.41. The summed E-state index contributed by atoms with van der Waals surface area (Å²) in [5.74, 6) is -0.00503. The number of aromatic nitrogens is 2. The summed E-state index contributed by atoms with van der Waals surface area (Å²) < 4.78 is 41.9. The summed E-state index contributed by atoms with van der Waals surface area (Å²) in [5.41, 5.74) is 4.76. The van der Waals surface area contributed by atoms with Crippen molar-refractivity contribution in [3.63, 3.8) is 0 Å². The molecule has 0 aliphatic carbocycles. The number of benzene rings is 1. The molecular weight excluding hydrogens is 251 g/mol. The molecule has 0 aliphatic heterocycles. The molecule has 1 aromatic heterocycles. The van der Waals surface area contributed by atoms with E-state index in [0.717, 1.165) is 18.2 Å². The molecule has 3 N–H and O–H groups in total. The van der Waals surface area contributed by atoms with Crippen LogP contribution >= 0.6 is 0 Å². The van der Waals surface area contributed by atoms with Crippen LogP contribution in [-0.4, -0.2) is 15.2 Å². The summed E-state index contributed by atoms with van der Waals surface area (Å²) in [6.07, 6.45) is -4.46. The summed E-state index contributed by atoms with van der Waals surface area (Å²) in [5, 5.41) is 12.2. The number of hydrogen-bond acceptors (Lipinski definition) is 5. The van der Waals surface area contributed by atoms with E-state index in [1.807, 2.05) is 0 Å². The minimum absolute atomic E-state index is 0.0327. The van der Waals surface area contributed by atoms with E-state index < -0.39 is 18.3 Å². The van der Waals surface area contributed by atoms with Crippen molar-refractivity contribution in [1.29, 1.82) is 0 Å². The largest absolute Gasteiger partial charge is 0.416 e. The van der Waals surface area contributed by atoms with Crippen LogP contribution in [0.5, 0.6) is 0 Å². The van der Waals surface area contributed by atoms with Crippen molar-refractivity contribution in [3.05, 3.63) is 29.7 Å². The molecule has 0 fully saturated rings. The Balaban J connectivity index is 2.41. The second kappa shape index (κ2) is 4.30. The molecule has 2 rings (SSSR count). The van der Waals surface area contributed by atoms with Crippen LogP contribution in [0.1, 0.15) is 11.5 Å². The van der Waals surface area contributed by atoms with Crippen LogP contribution in [0.25, 0.3) is 11.4 Å². The van der Waals surface area contributed by atoms with Crippen LogP contribution in [0.3, 0.4) is 0 Å². The van der Waals surface area contributed by atoms with Gasteiger partial charge in [0.25, 0.3) is 5.89 Å². The lowest BCUT2D eigenvalue weighted by molar-refractivity contribution is -0.137. The van der Waals surface area contributed by atoms with Crippen LogP contribution in [0, 0.1) is 0 Å². The Kier molecular flexibility index (Phi) is 2.95. The van der Waals surface area contributed by atoms with E-state index in [4.69, 9.17) is 10.8 Å². The quantitative estimate of drug-likeness (QED) is 0.803. The van der Waals surface area contributed by atoms with E-state index in [2.05, 4.69) is 14.7 Å². The number of nitrogens with zero attached hydrogens (tertiary/aromatic N) is 2. The van der Waals surface area contributed by atoms with Gasteiger partial charge in [0.15, 0.2) is 0 Å². The van der Waals surface area contributed by atoms with Crippen molar-refractivity contribution < 1.29 is 22.8 Å². The minimum atomic E-state index is -4.46. The third-order valence-electron chi connectivity index (χ3n) is 2.22. The van der Waals surface area contributed by atoms with Gasteiger partial charge < -0.3 is 15.4 Å². The number of nitrogen functional groups attached to an aromatic ring is 1. The fraction of sp³-hybridized carbons (Fsp3) is 0.200. The van der Waals surface area contributed by atoms with E-state index in [0.29, 0.717) is 0 Å². The summed E-state index contributed by atoms with van der Waals surface area (Å²) in [6.45, 7) is -0.451. The molecule has 8 heteroatoms. The van der Waals surface area contributed by atoms with Gasteiger partial charge in [0, 0.05) is 11.3 Å². The zero-order chi connectivity index (χ0) is 13.3. The van der Waals surface area contributed by atoms with Gasteiger partial charge in [-0.1, -0.05) is 5.16 Å². The van der Waals surface area contributed by atoms with Crippen LogP contribution in [-0.2, 0) is 12.8 Å². The van der Waals surface area contributed by atoms with Gasteiger partial charge in [0.05, 0.1) is 5.56 Å². The number of nitrogens with two attached hydrogens (primary N) is 1. The summed E-state index contributed by atoms with van der Waals surface area (Å²) in [7, 11) is 0. The standard InChI is InChI=1S/C10H8F3N3O2/c11-10(12,13)5-1-2-6(7(14)3-5)9-15-8(4-17)18-16-9/h1-3,17H,4,14H2. The van der Waals surface area contributed by atoms with Gasteiger partial charge in [-0.15, -0.1) is 0 Å². The zero-order valence-electron chi connectivity index (χ0n) is 8.90. The lowest BCUT2D eigenvalue weighted by Crippen LogP contribution is -2.06. The molecule has 0 amide bonds. The van der Waals surface area contributed by atoms with E-state index in [9.17, 15) is 13.2 Å². The molecule has 0 aliphatic rings. The normalized spacial score (nSPS) is 11.8. The lowest BCUT2D eigenvalue weighted by Gasteiger charge is -2.08. The third kappa shape index (κ3) is 2.28. The molecule has 0 spiro atoms. The van der Waals surface area contributed by atoms with E-state index >= 15 is 0 Å². The highest BCUT2D eigenvalue weighted by Gasteiger charge is 2.31. The van der Waals surface area contributed by atoms with Gasteiger partial charge >= 0.3 is 6.18 Å². The van der Waals surface area contributed by atoms with Crippen LogP contribution < -0.4 is 5.73 Å². The van der Waals surface area contributed by atoms with Gasteiger partial charge in [-0.2, -0.15) is 18.2 Å². The molecule has 18 heavy (non-hydrogen) atoms. The second-order valence-electron chi connectivity index (χ2n) is 3.47. The second-order valence-corrected chi connectivity index (χ2v) is 3.47. The van der Waals surface area contributed by atoms with Crippen LogP contribution in [0.2, 0.25) is 0 Å². The van der Waals surface area contributed by atoms with Crippen molar-refractivity contribution in [2.24, 2.45) is 0 Å². The average molecular weight is 259 g/mol. The maximum Gasteiger partial charge on any atom is 0.416 e. The fourth-order valence-electron chi connectivity index (χ4n) is 1.37. The van der Waals surface area contributed by atoms with Crippen LogP contribution in [0.15, 0.2) is 22.7 Å². The van der Waals surface area contributed by atoms with Gasteiger partial charge in [0.2, 0.25) is 5.82 Å². The smallest absolute Gasteiger partial charge is 0.398 e. The van der Waals surface area contributed by atoms with Crippen molar-refractivity contribution >= 4 is 5.69 Å². The molecule has 0 saturated heterocycles. The predicted molar refractivity (Wildman–Crippen MR) is 55.1 cm³/mol. The number of anilines is 1. The molecule has 0 radical (unpaired) electrons. The topological polar surface area (TPSA) is 85.2 Å².